The van der Waals surface area contributed by atoms with Crippen LogP contribution in [0.15, 0.2) is 91.1 Å². The summed E-state index contributed by atoms with van der Waals surface area (Å²) in [5.74, 6) is 3.39. The molecule has 3 heteroatoms. The predicted octanol–water partition coefficient (Wildman–Crippen LogP) is 9.56. The maximum Gasteiger partial charge on any atom is 0.145 e. The molecule has 0 fully saturated rings. The van der Waals surface area contributed by atoms with Crippen molar-refractivity contribution in [1.29, 1.82) is 0 Å². The average molecular weight is 482 g/mol. The van der Waals surface area contributed by atoms with E-state index in [2.05, 4.69) is 72.5 Å². The fraction of sp³-hybridized carbons (Fsp3) is 0.303. The Labute approximate surface area is 217 Å². The smallest absolute Gasteiger partial charge is 0.145 e. The molecule has 4 rings (SSSR count). The molecule has 0 N–H and O–H groups in total. The number of para-hydroxylation sites is 2. The van der Waals surface area contributed by atoms with Crippen LogP contribution in [0.2, 0.25) is 0 Å². The van der Waals surface area contributed by atoms with Gasteiger partial charge in [0.05, 0.1) is 6.20 Å². The molecule has 0 saturated carbocycles. The lowest BCUT2D eigenvalue weighted by atomic mass is 9.84. The molecule has 1 aromatic heterocycles. The molecule has 3 nitrogen and oxygen atoms in total. The minimum Gasteiger partial charge on any atom is -0.457 e. The molecule has 188 valence electrons. The summed E-state index contributed by atoms with van der Waals surface area (Å²) in [5, 5.41) is 0. The largest absolute Gasteiger partial charge is 0.457 e. The van der Waals surface area contributed by atoms with Gasteiger partial charge in [-0.05, 0) is 78.4 Å². The van der Waals surface area contributed by atoms with E-state index < -0.39 is 0 Å². The summed E-state index contributed by atoms with van der Waals surface area (Å²) >= 11 is 0. The lowest BCUT2D eigenvalue weighted by Crippen LogP contribution is -2.15. The van der Waals surface area contributed by atoms with Gasteiger partial charge in [0.25, 0.3) is 0 Å². The molecular weight excluding hydrogens is 442 g/mol. The van der Waals surface area contributed by atoms with Crippen LogP contribution in [0.3, 0.4) is 0 Å². The van der Waals surface area contributed by atoms with Crippen LogP contribution in [0.4, 0.5) is 0 Å². The molecule has 4 aromatic rings. The van der Waals surface area contributed by atoms with Crippen molar-refractivity contribution in [3.05, 3.63) is 114 Å². The molecule has 0 amide bonds. The van der Waals surface area contributed by atoms with Crippen LogP contribution in [0, 0.1) is 13.8 Å². The number of aryl methyl sites for hydroxylation is 2. The summed E-state index contributed by atoms with van der Waals surface area (Å²) in [6, 6.07) is 28.0. The van der Waals surface area contributed by atoms with E-state index in [4.69, 9.17) is 9.47 Å². The molecular formula is C33H39NO2. The van der Waals surface area contributed by atoms with Crippen LogP contribution >= 0.6 is 0 Å². The van der Waals surface area contributed by atoms with Crippen molar-refractivity contribution >= 4 is 0 Å². The van der Waals surface area contributed by atoms with Crippen molar-refractivity contribution in [1.82, 2.24) is 4.98 Å². The molecule has 0 atom stereocenters. The quantitative estimate of drug-likeness (QED) is 0.291. The van der Waals surface area contributed by atoms with Gasteiger partial charge in [0.15, 0.2) is 0 Å². The Bertz CT molecular complexity index is 1150. The summed E-state index contributed by atoms with van der Waals surface area (Å²) in [5.41, 5.74) is 5.16. The average Bonchev–Trinajstić information content (AvgIpc) is 2.79. The fourth-order valence-corrected chi connectivity index (χ4v) is 4.18. The maximum absolute atomic E-state index is 5.83. The molecule has 0 radical (unpaired) electrons. The molecule has 0 aliphatic rings. The molecule has 36 heavy (non-hydrogen) atoms. The van der Waals surface area contributed by atoms with Crippen LogP contribution in [0.1, 0.15) is 63.9 Å². The van der Waals surface area contributed by atoms with Gasteiger partial charge in [-0.15, -0.1) is 0 Å². The first-order valence-electron chi connectivity index (χ1n) is 12.5. The first kappa shape index (κ1) is 27.0. The van der Waals surface area contributed by atoms with Crippen LogP contribution < -0.4 is 9.47 Å². The lowest BCUT2D eigenvalue weighted by molar-refractivity contribution is 0.476. The number of hydrogen-bond donors (Lipinski definition) is 0. The second kappa shape index (κ2) is 11.4. The van der Waals surface area contributed by atoms with Crippen molar-refractivity contribution < 1.29 is 9.47 Å². The highest BCUT2D eigenvalue weighted by molar-refractivity contribution is 5.40. The van der Waals surface area contributed by atoms with Gasteiger partial charge in [0.2, 0.25) is 0 Å². The Kier molecular flexibility index (Phi) is 8.57. The number of hydrogen-bond acceptors (Lipinski definition) is 3. The van der Waals surface area contributed by atoms with Gasteiger partial charge in [-0.3, -0.25) is 4.98 Å². The van der Waals surface area contributed by atoms with E-state index in [0.29, 0.717) is 0 Å². The number of ether oxygens (including phenoxy) is 2. The van der Waals surface area contributed by atoms with E-state index in [-0.39, 0.29) is 10.8 Å². The SMILES string of the molecule is Cc1cc(Oc2ccccc2)ccc1C(C)(C)C.Cc1cc(Oc2ccccc2)cnc1C(C)(C)C. The molecule has 0 aliphatic heterocycles. The van der Waals surface area contributed by atoms with Gasteiger partial charge in [-0.1, -0.05) is 84.0 Å². The Morgan fingerprint density at radius 3 is 1.47 bits per heavy atom. The summed E-state index contributed by atoms with van der Waals surface area (Å²) in [4.78, 5) is 4.52. The second-order valence-electron chi connectivity index (χ2n) is 11.1. The predicted molar refractivity (Wildman–Crippen MR) is 151 cm³/mol. The lowest BCUT2D eigenvalue weighted by Gasteiger charge is -2.22. The zero-order chi connectivity index (χ0) is 26.3. The highest BCUT2D eigenvalue weighted by Crippen LogP contribution is 2.30. The van der Waals surface area contributed by atoms with E-state index >= 15 is 0 Å². The topological polar surface area (TPSA) is 31.4 Å². The van der Waals surface area contributed by atoms with E-state index in [9.17, 15) is 0 Å². The number of rotatable bonds is 4. The van der Waals surface area contributed by atoms with Crippen LogP contribution in [-0.2, 0) is 10.8 Å². The molecule has 0 aliphatic carbocycles. The second-order valence-corrected chi connectivity index (χ2v) is 11.1. The van der Waals surface area contributed by atoms with E-state index in [1.165, 1.54) is 11.1 Å². The van der Waals surface area contributed by atoms with Crippen molar-refractivity contribution in [3.63, 3.8) is 0 Å². The Hall–Kier alpha value is -3.59. The van der Waals surface area contributed by atoms with Crippen molar-refractivity contribution in [2.24, 2.45) is 0 Å². The van der Waals surface area contributed by atoms with E-state index in [0.717, 1.165) is 34.3 Å². The van der Waals surface area contributed by atoms with Gasteiger partial charge < -0.3 is 9.47 Å². The first-order chi connectivity index (χ1) is 16.9. The minimum absolute atomic E-state index is 0.0648. The monoisotopic (exact) mass is 481 g/mol. The number of nitrogens with zero attached hydrogens (tertiary/aromatic N) is 1. The van der Waals surface area contributed by atoms with Crippen molar-refractivity contribution in [3.8, 4) is 23.0 Å². The fourth-order valence-electron chi connectivity index (χ4n) is 4.18. The van der Waals surface area contributed by atoms with Gasteiger partial charge in [-0.25, -0.2) is 0 Å². The number of aromatic nitrogens is 1. The Morgan fingerprint density at radius 2 is 1.03 bits per heavy atom. The number of pyridine rings is 1. The zero-order valence-electron chi connectivity index (χ0n) is 22.9. The summed E-state index contributed by atoms with van der Waals surface area (Å²) in [6.45, 7) is 17.4. The summed E-state index contributed by atoms with van der Waals surface area (Å²) < 4.78 is 11.6. The molecule has 0 bridgehead atoms. The Balaban J connectivity index is 0.000000201. The third-order valence-corrected chi connectivity index (χ3v) is 5.73. The standard InChI is InChI=1S/C17H20O.C16H19NO/c1-13-12-15(10-11-16(13)17(2,3)4)18-14-8-6-5-7-9-14;1-12-10-14(11-17-15(12)16(2,3)4)18-13-8-6-5-7-9-13/h5-12H,1-4H3;5-11H,1-4H3. The van der Waals surface area contributed by atoms with Crippen LogP contribution in [0.25, 0.3) is 0 Å². The summed E-state index contributed by atoms with van der Waals surface area (Å²) in [6.07, 6.45) is 1.79. The van der Waals surface area contributed by atoms with Gasteiger partial charge in [0, 0.05) is 11.1 Å². The minimum atomic E-state index is 0.0648. The Morgan fingerprint density at radius 1 is 0.528 bits per heavy atom. The van der Waals surface area contributed by atoms with Crippen LogP contribution in [0.5, 0.6) is 23.0 Å². The molecule has 1 heterocycles. The first-order valence-corrected chi connectivity index (χ1v) is 12.5. The molecule has 0 spiro atoms. The molecule has 0 saturated heterocycles. The molecule has 0 unspecified atom stereocenters. The van der Waals surface area contributed by atoms with Gasteiger partial charge >= 0.3 is 0 Å². The highest BCUT2D eigenvalue weighted by atomic mass is 16.5. The van der Waals surface area contributed by atoms with Crippen LogP contribution in [-0.4, -0.2) is 4.98 Å². The van der Waals surface area contributed by atoms with Gasteiger partial charge in [0.1, 0.15) is 23.0 Å². The van der Waals surface area contributed by atoms with Crippen molar-refractivity contribution in [2.75, 3.05) is 0 Å². The normalized spacial score (nSPS) is 11.3. The van der Waals surface area contributed by atoms with E-state index in [1.54, 1.807) is 6.20 Å². The third kappa shape index (κ3) is 7.71. The summed E-state index contributed by atoms with van der Waals surface area (Å²) in [7, 11) is 0. The van der Waals surface area contributed by atoms with E-state index in [1.807, 2.05) is 72.8 Å². The van der Waals surface area contributed by atoms with Crippen molar-refractivity contribution in [2.45, 2.75) is 66.2 Å². The number of benzene rings is 3. The third-order valence-electron chi connectivity index (χ3n) is 5.73. The van der Waals surface area contributed by atoms with Gasteiger partial charge in [-0.2, -0.15) is 0 Å². The highest BCUT2D eigenvalue weighted by Gasteiger charge is 2.18. The zero-order valence-corrected chi connectivity index (χ0v) is 22.9. The maximum atomic E-state index is 5.83. The molecule has 3 aromatic carbocycles.